The Hall–Kier alpha value is -0.820. The monoisotopic (exact) mass is 240 g/mol. The number of nitrogens with two attached hydrogens (primary N) is 3. The molecule has 1 aromatic heterocycles. The molecule has 0 aliphatic heterocycles. The first kappa shape index (κ1) is 12.8. The highest BCUT2D eigenvalue weighted by Gasteiger charge is 1.93. The SMILES string of the molecule is Nc1nc(N)nc(N)n1.[Br-].[Cl-]. The number of hydrogen-bond donors (Lipinski definition) is 3. The second kappa shape index (κ2) is 4.91. The second-order valence-corrected chi connectivity index (χ2v) is 1.41. The van der Waals surface area contributed by atoms with Crippen molar-refractivity contribution in [1.82, 2.24) is 15.0 Å². The Morgan fingerprint density at radius 3 is 1.09 bits per heavy atom. The molecule has 6 nitrogen and oxygen atoms in total. The Morgan fingerprint density at radius 2 is 0.909 bits per heavy atom. The van der Waals surface area contributed by atoms with Crippen molar-refractivity contribution in [1.29, 1.82) is 0 Å². The first-order valence-electron chi connectivity index (χ1n) is 2.21. The van der Waals surface area contributed by atoms with Crippen LogP contribution in [0.5, 0.6) is 0 Å². The van der Waals surface area contributed by atoms with Crippen LogP contribution in [0.2, 0.25) is 0 Å². The zero-order valence-electron chi connectivity index (χ0n) is 5.33. The second-order valence-electron chi connectivity index (χ2n) is 1.41. The normalized spacial score (nSPS) is 7.64. The fraction of sp³-hybridized carbons (Fsp3) is 0. The molecule has 8 heteroatoms. The molecule has 0 fully saturated rings. The number of hydrogen-bond acceptors (Lipinski definition) is 6. The summed E-state index contributed by atoms with van der Waals surface area (Å²) in [6, 6.07) is 0. The lowest BCUT2D eigenvalue weighted by Crippen LogP contribution is -3.00. The predicted molar refractivity (Wildman–Crippen MR) is 33.1 cm³/mol. The molecular weight excluding hydrogens is 235 g/mol. The zero-order chi connectivity index (χ0) is 6.85. The van der Waals surface area contributed by atoms with Crippen molar-refractivity contribution in [3.8, 4) is 0 Å². The summed E-state index contributed by atoms with van der Waals surface area (Å²) in [5.74, 6) is 0.125. The topological polar surface area (TPSA) is 117 Å². The number of anilines is 3. The molecule has 0 aliphatic carbocycles. The molecule has 1 aromatic rings. The number of aromatic nitrogens is 3. The summed E-state index contributed by atoms with van der Waals surface area (Å²) in [5, 5.41) is 0. The number of nitrogen functional groups attached to an aromatic ring is 3. The molecule has 1 heterocycles. The van der Waals surface area contributed by atoms with Gasteiger partial charge in [-0.2, -0.15) is 15.0 Å². The van der Waals surface area contributed by atoms with Gasteiger partial charge in [-0.15, -0.1) is 0 Å². The van der Waals surface area contributed by atoms with Crippen LogP contribution in [0.4, 0.5) is 17.8 Å². The number of nitrogens with zero attached hydrogens (tertiary/aromatic N) is 3. The van der Waals surface area contributed by atoms with Crippen molar-refractivity contribution < 1.29 is 29.4 Å². The van der Waals surface area contributed by atoms with Crippen LogP contribution in [0.1, 0.15) is 0 Å². The molecule has 11 heavy (non-hydrogen) atoms. The van der Waals surface area contributed by atoms with Gasteiger partial charge >= 0.3 is 0 Å². The summed E-state index contributed by atoms with van der Waals surface area (Å²) in [7, 11) is 0. The lowest BCUT2D eigenvalue weighted by molar-refractivity contribution is -0.001000. The first-order chi connectivity index (χ1) is 4.18. The Bertz CT molecular complexity index is 179. The summed E-state index contributed by atoms with van der Waals surface area (Å²) in [6.07, 6.45) is 0. The average molecular weight is 241 g/mol. The van der Waals surface area contributed by atoms with E-state index < -0.39 is 0 Å². The molecule has 0 unspecified atom stereocenters. The average Bonchev–Trinajstić information content (AvgIpc) is 1.59. The van der Waals surface area contributed by atoms with Gasteiger partial charge in [0.1, 0.15) is 0 Å². The van der Waals surface area contributed by atoms with Crippen molar-refractivity contribution in [3.05, 3.63) is 0 Å². The minimum Gasteiger partial charge on any atom is -1.00 e. The fourth-order valence-corrected chi connectivity index (χ4v) is 0.427. The Balaban J connectivity index is 0. The molecular formula is C3H6BrClN6-2. The van der Waals surface area contributed by atoms with Crippen molar-refractivity contribution in [3.63, 3.8) is 0 Å². The van der Waals surface area contributed by atoms with Crippen molar-refractivity contribution in [2.75, 3.05) is 17.2 Å². The van der Waals surface area contributed by atoms with E-state index in [1.165, 1.54) is 0 Å². The fourth-order valence-electron chi connectivity index (χ4n) is 0.427. The van der Waals surface area contributed by atoms with E-state index in [-0.39, 0.29) is 47.2 Å². The van der Waals surface area contributed by atoms with E-state index in [1.54, 1.807) is 0 Å². The van der Waals surface area contributed by atoms with Gasteiger partial charge in [0.15, 0.2) is 0 Å². The summed E-state index contributed by atoms with van der Waals surface area (Å²) >= 11 is 0. The van der Waals surface area contributed by atoms with Gasteiger partial charge in [0.05, 0.1) is 0 Å². The number of rotatable bonds is 0. The molecule has 0 aliphatic rings. The third kappa shape index (κ3) is 3.79. The largest absolute Gasteiger partial charge is 1.00 e. The maximum Gasteiger partial charge on any atom is 0.226 e. The van der Waals surface area contributed by atoms with E-state index in [2.05, 4.69) is 15.0 Å². The summed E-state index contributed by atoms with van der Waals surface area (Å²) in [4.78, 5) is 10.5. The van der Waals surface area contributed by atoms with Gasteiger partial charge in [-0.05, 0) is 0 Å². The standard InChI is InChI=1S/C3H6N6.BrH.ClH/c4-1-7-2(5)9-3(6)8-1;;/h(H6,4,5,6,7,8,9);2*1H/p-2. The van der Waals surface area contributed by atoms with Gasteiger partial charge in [-0.1, -0.05) is 0 Å². The van der Waals surface area contributed by atoms with E-state index in [0.29, 0.717) is 0 Å². The van der Waals surface area contributed by atoms with E-state index in [1.807, 2.05) is 0 Å². The molecule has 0 atom stereocenters. The highest BCUT2D eigenvalue weighted by atomic mass is 79.9. The third-order valence-electron chi connectivity index (χ3n) is 0.687. The summed E-state index contributed by atoms with van der Waals surface area (Å²) in [5.41, 5.74) is 15.4. The molecule has 0 bridgehead atoms. The van der Waals surface area contributed by atoms with E-state index in [0.717, 1.165) is 0 Å². The summed E-state index contributed by atoms with van der Waals surface area (Å²) < 4.78 is 0. The van der Waals surface area contributed by atoms with Crippen LogP contribution in [0.25, 0.3) is 0 Å². The van der Waals surface area contributed by atoms with Crippen molar-refractivity contribution in [2.45, 2.75) is 0 Å². The van der Waals surface area contributed by atoms with Crippen LogP contribution < -0.4 is 46.6 Å². The van der Waals surface area contributed by atoms with Crippen molar-refractivity contribution >= 4 is 17.8 Å². The predicted octanol–water partition coefficient (Wildman–Crippen LogP) is -7.37. The molecule has 0 radical (unpaired) electrons. The highest BCUT2D eigenvalue weighted by Crippen LogP contribution is 1.97. The van der Waals surface area contributed by atoms with Gasteiger partial charge < -0.3 is 46.6 Å². The molecule has 0 amide bonds. The lowest BCUT2D eigenvalue weighted by atomic mass is 10.9. The van der Waals surface area contributed by atoms with Gasteiger partial charge in [0.2, 0.25) is 17.8 Å². The van der Waals surface area contributed by atoms with Crippen LogP contribution in [-0.4, -0.2) is 15.0 Å². The Labute approximate surface area is 79.8 Å². The molecule has 0 saturated heterocycles. The molecule has 0 saturated carbocycles. The molecule has 0 aromatic carbocycles. The quantitative estimate of drug-likeness (QED) is 0.415. The third-order valence-corrected chi connectivity index (χ3v) is 0.687. The minimum atomic E-state index is 0. The molecule has 0 spiro atoms. The van der Waals surface area contributed by atoms with Gasteiger partial charge in [-0.3, -0.25) is 0 Å². The molecule has 1 rings (SSSR count). The Kier molecular flexibility index (Phi) is 5.73. The van der Waals surface area contributed by atoms with Gasteiger partial charge in [-0.25, -0.2) is 0 Å². The lowest BCUT2D eigenvalue weighted by Gasteiger charge is -1.93. The van der Waals surface area contributed by atoms with Crippen LogP contribution in [0, 0.1) is 0 Å². The van der Waals surface area contributed by atoms with Crippen LogP contribution >= 0.6 is 0 Å². The van der Waals surface area contributed by atoms with E-state index in [4.69, 9.17) is 17.2 Å². The van der Waals surface area contributed by atoms with E-state index >= 15 is 0 Å². The minimum absolute atomic E-state index is 0. The van der Waals surface area contributed by atoms with Gasteiger partial charge in [0, 0.05) is 0 Å². The molecule has 6 N–H and O–H groups in total. The summed E-state index contributed by atoms with van der Waals surface area (Å²) in [6.45, 7) is 0. The van der Waals surface area contributed by atoms with E-state index in [9.17, 15) is 0 Å². The maximum absolute atomic E-state index is 5.14. The number of halogens is 2. The van der Waals surface area contributed by atoms with Crippen LogP contribution in [0.15, 0.2) is 0 Å². The van der Waals surface area contributed by atoms with Crippen molar-refractivity contribution in [2.24, 2.45) is 0 Å². The molecule has 64 valence electrons. The smallest absolute Gasteiger partial charge is 0.226 e. The maximum atomic E-state index is 5.14. The first-order valence-corrected chi connectivity index (χ1v) is 2.21. The van der Waals surface area contributed by atoms with Crippen LogP contribution in [0.3, 0.4) is 0 Å². The van der Waals surface area contributed by atoms with Gasteiger partial charge in [0.25, 0.3) is 0 Å². The Morgan fingerprint density at radius 1 is 0.727 bits per heavy atom. The zero-order valence-corrected chi connectivity index (χ0v) is 7.67. The highest BCUT2D eigenvalue weighted by molar-refractivity contribution is 5.33. The van der Waals surface area contributed by atoms with Crippen LogP contribution in [-0.2, 0) is 0 Å².